The summed E-state index contributed by atoms with van der Waals surface area (Å²) in [7, 11) is 0. The highest BCUT2D eigenvalue weighted by Gasteiger charge is 2.33. The van der Waals surface area contributed by atoms with Crippen LogP contribution in [0.2, 0.25) is 0 Å². The van der Waals surface area contributed by atoms with Gasteiger partial charge in [-0.1, -0.05) is 0 Å². The van der Waals surface area contributed by atoms with Crippen LogP contribution < -0.4 is 5.32 Å². The third-order valence-electron chi connectivity index (χ3n) is 5.07. The molecule has 2 aromatic rings. The zero-order valence-electron chi connectivity index (χ0n) is 15.4. The van der Waals surface area contributed by atoms with Crippen molar-refractivity contribution < 1.29 is 4.79 Å². The fourth-order valence-corrected chi connectivity index (χ4v) is 3.55. The quantitative estimate of drug-likeness (QED) is 0.927. The number of fused-ring (bicyclic) bond motifs is 1. The molecule has 1 atom stereocenters. The molecule has 0 spiro atoms. The molecular formula is C18H26N6O. The Hall–Kier alpha value is -2.18. The van der Waals surface area contributed by atoms with E-state index in [9.17, 15) is 4.79 Å². The standard InChI is InChI=1S/C18H26N6O/c1-11-20-21-16-8-7-13(10-23(11)16)19-17(25)14-9-15(12-5-6-12)24(22-14)18(2,3)4/h9,12-13H,5-8,10H2,1-4H3,(H,19,25). The summed E-state index contributed by atoms with van der Waals surface area (Å²) >= 11 is 0. The molecule has 1 saturated carbocycles. The maximum atomic E-state index is 12.8. The largest absolute Gasteiger partial charge is 0.346 e. The average Bonchev–Trinajstić information content (AvgIpc) is 3.18. The first-order valence-corrected chi connectivity index (χ1v) is 9.13. The maximum Gasteiger partial charge on any atom is 0.272 e. The molecule has 0 radical (unpaired) electrons. The van der Waals surface area contributed by atoms with Gasteiger partial charge in [-0.05, 0) is 53.0 Å². The Morgan fingerprint density at radius 3 is 2.68 bits per heavy atom. The van der Waals surface area contributed by atoms with E-state index in [1.165, 1.54) is 18.5 Å². The van der Waals surface area contributed by atoms with Gasteiger partial charge in [-0.15, -0.1) is 10.2 Å². The normalized spacial score (nSPS) is 20.4. The Morgan fingerprint density at radius 1 is 1.24 bits per heavy atom. The molecule has 1 aliphatic heterocycles. The van der Waals surface area contributed by atoms with E-state index in [1.54, 1.807) is 0 Å². The molecule has 4 rings (SSSR count). The number of carbonyl (C=O) groups is 1. The van der Waals surface area contributed by atoms with Crippen LogP contribution in [-0.2, 0) is 18.5 Å². The van der Waals surface area contributed by atoms with E-state index < -0.39 is 0 Å². The highest BCUT2D eigenvalue weighted by atomic mass is 16.2. The smallest absolute Gasteiger partial charge is 0.272 e. The second-order valence-corrected chi connectivity index (χ2v) is 8.29. The average molecular weight is 342 g/mol. The third-order valence-corrected chi connectivity index (χ3v) is 5.07. The van der Waals surface area contributed by atoms with Crippen molar-refractivity contribution >= 4 is 5.91 Å². The number of nitrogens with one attached hydrogen (secondary N) is 1. The van der Waals surface area contributed by atoms with Crippen molar-refractivity contribution in [2.75, 3.05) is 0 Å². The Morgan fingerprint density at radius 2 is 2.00 bits per heavy atom. The van der Waals surface area contributed by atoms with Crippen molar-refractivity contribution in [2.24, 2.45) is 0 Å². The molecule has 0 saturated heterocycles. The molecule has 2 aromatic heterocycles. The summed E-state index contributed by atoms with van der Waals surface area (Å²) < 4.78 is 4.13. The Balaban J connectivity index is 1.51. The number of rotatable bonds is 3. The van der Waals surface area contributed by atoms with Crippen molar-refractivity contribution in [3.05, 3.63) is 29.1 Å². The fourth-order valence-electron chi connectivity index (χ4n) is 3.55. The highest BCUT2D eigenvalue weighted by molar-refractivity contribution is 5.92. The van der Waals surface area contributed by atoms with Crippen LogP contribution >= 0.6 is 0 Å². The van der Waals surface area contributed by atoms with Crippen LogP contribution in [0.25, 0.3) is 0 Å². The molecule has 0 aromatic carbocycles. The van der Waals surface area contributed by atoms with E-state index in [4.69, 9.17) is 0 Å². The topological polar surface area (TPSA) is 77.6 Å². The van der Waals surface area contributed by atoms with Gasteiger partial charge in [0.2, 0.25) is 0 Å². The minimum atomic E-state index is -0.115. The molecule has 0 bridgehead atoms. The molecule has 25 heavy (non-hydrogen) atoms. The molecule has 1 amide bonds. The van der Waals surface area contributed by atoms with Gasteiger partial charge >= 0.3 is 0 Å². The van der Waals surface area contributed by atoms with Gasteiger partial charge in [0, 0.05) is 30.6 Å². The molecule has 1 fully saturated rings. The summed E-state index contributed by atoms with van der Waals surface area (Å²) in [5.41, 5.74) is 1.61. The first-order valence-electron chi connectivity index (χ1n) is 9.13. The number of hydrogen-bond acceptors (Lipinski definition) is 4. The molecular weight excluding hydrogens is 316 g/mol. The van der Waals surface area contributed by atoms with Crippen LogP contribution in [0, 0.1) is 6.92 Å². The number of carbonyl (C=O) groups excluding carboxylic acids is 1. The van der Waals surface area contributed by atoms with E-state index in [0.29, 0.717) is 11.6 Å². The van der Waals surface area contributed by atoms with Crippen LogP contribution in [-0.4, -0.2) is 36.5 Å². The minimum Gasteiger partial charge on any atom is -0.346 e. The lowest BCUT2D eigenvalue weighted by atomic mass is 10.1. The lowest BCUT2D eigenvalue weighted by Crippen LogP contribution is -2.41. The van der Waals surface area contributed by atoms with Gasteiger partial charge in [-0.3, -0.25) is 9.48 Å². The molecule has 134 valence electrons. The Kier molecular flexibility index (Phi) is 3.70. The number of hydrogen-bond donors (Lipinski definition) is 1. The van der Waals surface area contributed by atoms with Crippen molar-refractivity contribution in [2.45, 2.75) is 77.4 Å². The third kappa shape index (κ3) is 3.07. The monoisotopic (exact) mass is 342 g/mol. The summed E-state index contributed by atoms with van der Waals surface area (Å²) in [5.74, 6) is 2.40. The summed E-state index contributed by atoms with van der Waals surface area (Å²) in [6.45, 7) is 9.07. The van der Waals surface area contributed by atoms with Crippen LogP contribution in [0.4, 0.5) is 0 Å². The molecule has 1 unspecified atom stereocenters. The number of nitrogens with zero attached hydrogens (tertiary/aromatic N) is 5. The van der Waals surface area contributed by atoms with Gasteiger partial charge < -0.3 is 9.88 Å². The Bertz CT molecular complexity index is 808. The molecule has 7 heteroatoms. The second kappa shape index (κ2) is 5.68. The van der Waals surface area contributed by atoms with Crippen molar-refractivity contribution in [3.8, 4) is 0 Å². The van der Waals surface area contributed by atoms with E-state index in [2.05, 4.69) is 46.0 Å². The van der Waals surface area contributed by atoms with Crippen molar-refractivity contribution in [3.63, 3.8) is 0 Å². The Labute approximate surface area is 147 Å². The number of amides is 1. The lowest BCUT2D eigenvalue weighted by Gasteiger charge is -2.24. The first-order chi connectivity index (χ1) is 11.8. The van der Waals surface area contributed by atoms with Crippen molar-refractivity contribution in [1.82, 2.24) is 29.9 Å². The molecule has 2 aliphatic rings. The zero-order valence-corrected chi connectivity index (χ0v) is 15.4. The highest BCUT2D eigenvalue weighted by Crippen LogP contribution is 2.41. The summed E-state index contributed by atoms with van der Waals surface area (Å²) in [6.07, 6.45) is 4.12. The van der Waals surface area contributed by atoms with E-state index in [0.717, 1.165) is 31.0 Å². The first kappa shape index (κ1) is 16.3. The maximum absolute atomic E-state index is 12.8. The predicted octanol–water partition coefficient (Wildman–Crippen LogP) is 2.16. The molecule has 3 heterocycles. The van der Waals surface area contributed by atoms with Gasteiger partial charge in [0.05, 0.1) is 5.54 Å². The van der Waals surface area contributed by atoms with Gasteiger partial charge in [0.25, 0.3) is 5.91 Å². The van der Waals surface area contributed by atoms with Crippen LogP contribution in [0.3, 0.4) is 0 Å². The number of aromatic nitrogens is 5. The van der Waals surface area contributed by atoms with E-state index >= 15 is 0 Å². The van der Waals surface area contributed by atoms with E-state index in [1.807, 2.05) is 17.7 Å². The van der Waals surface area contributed by atoms with Crippen LogP contribution in [0.15, 0.2) is 6.07 Å². The fraction of sp³-hybridized carbons (Fsp3) is 0.667. The lowest BCUT2D eigenvalue weighted by molar-refractivity contribution is 0.0920. The second-order valence-electron chi connectivity index (χ2n) is 8.29. The molecule has 1 N–H and O–H groups in total. The number of aryl methyl sites for hydroxylation is 2. The predicted molar refractivity (Wildman–Crippen MR) is 93.5 cm³/mol. The minimum absolute atomic E-state index is 0.0796. The summed E-state index contributed by atoms with van der Waals surface area (Å²) in [4.78, 5) is 12.8. The van der Waals surface area contributed by atoms with Crippen LogP contribution in [0.5, 0.6) is 0 Å². The molecule has 1 aliphatic carbocycles. The van der Waals surface area contributed by atoms with Gasteiger partial charge in [0.1, 0.15) is 17.3 Å². The van der Waals surface area contributed by atoms with Crippen LogP contribution in [0.1, 0.15) is 73.8 Å². The van der Waals surface area contributed by atoms with Gasteiger partial charge in [-0.2, -0.15) is 5.10 Å². The van der Waals surface area contributed by atoms with E-state index in [-0.39, 0.29) is 17.5 Å². The SMILES string of the molecule is Cc1nnc2n1CC(NC(=O)c1cc(C3CC3)n(C(C)(C)C)n1)CC2. The molecule has 7 nitrogen and oxygen atoms in total. The van der Waals surface area contributed by atoms with Gasteiger partial charge in [0.15, 0.2) is 0 Å². The van der Waals surface area contributed by atoms with Crippen molar-refractivity contribution in [1.29, 1.82) is 0 Å². The van der Waals surface area contributed by atoms with Gasteiger partial charge in [-0.25, -0.2) is 0 Å². The zero-order chi connectivity index (χ0) is 17.8. The summed E-state index contributed by atoms with van der Waals surface area (Å²) in [5, 5.41) is 16.1. The summed E-state index contributed by atoms with van der Waals surface area (Å²) in [6, 6.07) is 2.08.